The predicted octanol–water partition coefficient (Wildman–Crippen LogP) is 0.306. The second-order valence-corrected chi connectivity index (χ2v) is 2.60. The molecule has 1 aliphatic rings. The SMILES string of the molecule is [CH2-][OH+]CC1CCNCC1. The molecule has 2 N–H and O–H groups in total. The average molecular weight is 129 g/mol. The van der Waals surface area contributed by atoms with E-state index in [-0.39, 0.29) is 0 Å². The van der Waals surface area contributed by atoms with E-state index in [4.69, 9.17) is 0 Å². The molecule has 0 atom stereocenters. The fourth-order valence-corrected chi connectivity index (χ4v) is 1.25. The molecule has 2 nitrogen and oxygen atoms in total. The molecule has 0 radical (unpaired) electrons. The number of nitrogens with one attached hydrogen (secondary N) is 1. The Morgan fingerprint density at radius 3 is 2.67 bits per heavy atom. The number of aliphatic hydroxyl groups is 2. The maximum absolute atomic E-state index is 3.88. The van der Waals surface area contributed by atoms with E-state index in [1.807, 2.05) is 0 Å². The van der Waals surface area contributed by atoms with E-state index < -0.39 is 0 Å². The van der Waals surface area contributed by atoms with Gasteiger partial charge in [0.15, 0.2) is 0 Å². The van der Waals surface area contributed by atoms with Gasteiger partial charge in [-0.1, -0.05) is 7.11 Å². The lowest BCUT2D eigenvalue weighted by atomic mass is 10.00. The van der Waals surface area contributed by atoms with Crippen molar-refractivity contribution >= 4 is 0 Å². The molecule has 0 saturated carbocycles. The first kappa shape index (κ1) is 7.03. The first-order valence-electron chi connectivity index (χ1n) is 3.56. The molecule has 0 aromatic heterocycles. The van der Waals surface area contributed by atoms with E-state index in [9.17, 15) is 0 Å². The maximum atomic E-state index is 3.88. The molecule has 0 aromatic rings. The van der Waals surface area contributed by atoms with Crippen molar-refractivity contribution in [2.24, 2.45) is 5.92 Å². The van der Waals surface area contributed by atoms with Crippen LogP contribution in [0.4, 0.5) is 0 Å². The van der Waals surface area contributed by atoms with Crippen molar-refractivity contribution in [2.45, 2.75) is 12.8 Å². The fourth-order valence-electron chi connectivity index (χ4n) is 1.25. The van der Waals surface area contributed by atoms with Gasteiger partial charge in [-0.15, -0.1) is 0 Å². The lowest BCUT2D eigenvalue weighted by Gasteiger charge is -2.20. The third-order valence-corrected chi connectivity index (χ3v) is 1.85. The minimum atomic E-state index is 0.809. The second-order valence-electron chi connectivity index (χ2n) is 2.60. The Bertz CT molecular complexity index is 66.6. The van der Waals surface area contributed by atoms with Gasteiger partial charge in [0, 0.05) is 5.92 Å². The van der Waals surface area contributed by atoms with Crippen LogP contribution in [0.5, 0.6) is 0 Å². The smallest absolute Gasteiger partial charge is 0.122 e. The molecule has 0 amide bonds. The number of hydrogen-bond acceptors (Lipinski definition) is 1. The van der Waals surface area contributed by atoms with Crippen molar-refractivity contribution in [1.29, 1.82) is 0 Å². The van der Waals surface area contributed by atoms with Crippen molar-refractivity contribution in [3.8, 4) is 0 Å². The van der Waals surface area contributed by atoms with Gasteiger partial charge in [-0.25, -0.2) is 0 Å². The van der Waals surface area contributed by atoms with Gasteiger partial charge >= 0.3 is 0 Å². The summed E-state index contributed by atoms with van der Waals surface area (Å²) >= 11 is 0. The molecule has 1 saturated heterocycles. The standard InChI is InChI=1S/C7H15NO/c1-9-6-7-2-4-8-5-3-7/h7-9H,1-6H2. The highest BCUT2D eigenvalue weighted by Gasteiger charge is 2.12. The van der Waals surface area contributed by atoms with E-state index in [0.29, 0.717) is 0 Å². The van der Waals surface area contributed by atoms with Gasteiger partial charge in [0.1, 0.15) is 6.61 Å². The Kier molecular flexibility index (Phi) is 3.01. The highest BCUT2D eigenvalue weighted by Crippen LogP contribution is 2.09. The minimum absolute atomic E-state index is 0.809. The van der Waals surface area contributed by atoms with Crippen LogP contribution < -0.4 is 5.32 Å². The van der Waals surface area contributed by atoms with Gasteiger partial charge in [0.2, 0.25) is 0 Å². The lowest BCUT2D eigenvalue weighted by molar-refractivity contribution is 0.0174. The summed E-state index contributed by atoms with van der Waals surface area (Å²) in [6, 6.07) is 0. The monoisotopic (exact) mass is 129 g/mol. The van der Waals surface area contributed by atoms with Gasteiger partial charge in [-0.2, -0.15) is 0 Å². The summed E-state index contributed by atoms with van der Waals surface area (Å²) in [5.41, 5.74) is 0. The quantitative estimate of drug-likeness (QED) is 0.421. The molecule has 1 aliphatic heterocycles. The first-order chi connectivity index (χ1) is 4.43. The molecule has 1 heterocycles. The summed E-state index contributed by atoms with van der Waals surface area (Å²) < 4.78 is 3.88. The van der Waals surface area contributed by atoms with Crippen molar-refractivity contribution in [3.05, 3.63) is 7.11 Å². The third-order valence-electron chi connectivity index (χ3n) is 1.85. The minimum Gasteiger partial charge on any atom is -0.581 e. The molecule has 0 aliphatic carbocycles. The summed E-state index contributed by atoms with van der Waals surface area (Å²) in [6.45, 7) is 3.29. The van der Waals surface area contributed by atoms with Crippen LogP contribution in [-0.4, -0.2) is 24.4 Å². The number of hydrogen-bond donors (Lipinski definition) is 1. The summed E-state index contributed by atoms with van der Waals surface area (Å²) in [5, 5.41) is 3.31. The molecule has 0 spiro atoms. The molecular formula is C7H15NO. The zero-order valence-electron chi connectivity index (χ0n) is 5.77. The predicted molar refractivity (Wildman–Crippen MR) is 38.0 cm³/mol. The highest BCUT2D eigenvalue weighted by atomic mass is 16.5. The van der Waals surface area contributed by atoms with Gasteiger partial charge in [0.05, 0.1) is 0 Å². The van der Waals surface area contributed by atoms with Crippen LogP contribution in [0.15, 0.2) is 0 Å². The summed E-state index contributed by atoms with van der Waals surface area (Å²) in [4.78, 5) is 0. The molecular weight excluding hydrogens is 114 g/mol. The third kappa shape index (κ3) is 2.33. The van der Waals surface area contributed by atoms with E-state index in [1.165, 1.54) is 25.9 Å². The average Bonchev–Trinajstić information content (AvgIpc) is 1.91. The van der Waals surface area contributed by atoms with Crippen molar-refractivity contribution in [1.82, 2.24) is 5.32 Å². The molecule has 0 unspecified atom stereocenters. The molecule has 54 valence electrons. The normalized spacial score (nSPS) is 22.3. The van der Waals surface area contributed by atoms with Crippen LogP contribution in [0.2, 0.25) is 0 Å². The second kappa shape index (κ2) is 3.85. The van der Waals surface area contributed by atoms with Crippen LogP contribution in [0, 0.1) is 13.0 Å². The van der Waals surface area contributed by atoms with Crippen LogP contribution in [-0.2, 0) is 0 Å². The number of piperidine rings is 1. The maximum Gasteiger partial charge on any atom is 0.122 e. The van der Waals surface area contributed by atoms with Crippen molar-refractivity contribution in [3.63, 3.8) is 0 Å². The fraction of sp³-hybridized carbons (Fsp3) is 0.857. The van der Waals surface area contributed by atoms with Gasteiger partial charge < -0.3 is 10.1 Å². The Morgan fingerprint density at radius 1 is 1.44 bits per heavy atom. The Morgan fingerprint density at radius 2 is 2.11 bits per heavy atom. The summed E-state index contributed by atoms with van der Waals surface area (Å²) in [6.07, 6.45) is 2.55. The zero-order chi connectivity index (χ0) is 6.53. The Labute approximate surface area is 56.6 Å². The Balaban J connectivity index is 2.08. The van der Waals surface area contributed by atoms with Crippen molar-refractivity contribution in [2.75, 3.05) is 19.7 Å². The van der Waals surface area contributed by atoms with E-state index in [2.05, 4.69) is 17.2 Å². The molecule has 2 heteroatoms. The number of ether oxygens (including phenoxy) is 1. The molecule has 1 fully saturated rings. The Hall–Kier alpha value is -0.0800. The first-order valence-corrected chi connectivity index (χ1v) is 3.56. The van der Waals surface area contributed by atoms with Crippen LogP contribution in [0.25, 0.3) is 0 Å². The van der Waals surface area contributed by atoms with E-state index >= 15 is 0 Å². The van der Waals surface area contributed by atoms with Gasteiger partial charge in [-0.3, -0.25) is 0 Å². The van der Waals surface area contributed by atoms with E-state index in [1.54, 1.807) is 0 Å². The summed E-state index contributed by atoms with van der Waals surface area (Å²) in [7, 11) is 3.48. The van der Waals surface area contributed by atoms with Gasteiger partial charge in [0.25, 0.3) is 0 Å². The van der Waals surface area contributed by atoms with Crippen LogP contribution in [0.3, 0.4) is 0 Å². The lowest BCUT2D eigenvalue weighted by Crippen LogP contribution is -2.30. The highest BCUT2D eigenvalue weighted by molar-refractivity contribution is 4.67. The van der Waals surface area contributed by atoms with Crippen molar-refractivity contribution < 1.29 is 4.74 Å². The van der Waals surface area contributed by atoms with Gasteiger partial charge in [-0.05, 0) is 25.9 Å². The molecule has 0 bridgehead atoms. The summed E-state index contributed by atoms with van der Waals surface area (Å²) in [5.74, 6) is 0.809. The largest absolute Gasteiger partial charge is 0.581 e. The van der Waals surface area contributed by atoms with Crippen LogP contribution >= 0.6 is 0 Å². The zero-order valence-corrected chi connectivity index (χ0v) is 5.77. The molecule has 9 heavy (non-hydrogen) atoms. The topological polar surface area (TPSA) is 24.8 Å². The number of rotatable bonds is 2. The molecule has 0 aromatic carbocycles. The van der Waals surface area contributed by atoms with E-state index in [0.717, 1.165) is 12.5 Å². The molecule has 1 rings (SSSR count). The van der Waals surface area contributed by atoms with Crippen LogP contribution in [0.1, 0.15) is 12.8 Å².